The van der Waals surface area contributed by atoms with Crippen LogP contribution in [0, 0.1) is 51.2 Å². The largest absolute Gasteiger partial charge is 0.416 e. The summed E-state index contributed by atoms with van der Waals surface area (Å²) in [6, 6.07) is 18.7. The molecule has 0 aromatic heterocycles. The molecular formula is C45H26F12N4. The van der Waals surface area contributed by atoms with Gasteiger partial charge in [0.15, 0.2) is 0 Å². The first-order chi connectivity index (χ1) is 28.3. The molecule has 0 N–H and O–H groups in total. The first kappa shape index (κ1) is 45.1. The van der Waals surface area contributed by atoms with Gasteiger partial charge in [0.2, 0.25) is 0 Å². The molecule has 2 aliphatic carbocycles. The molecule has 3 aromatic rings. The van der Waals surface area contributed by atoms with Gasteiger partial charge in [0.05, 0.1) is 17.1 Å². The van der Waals surface area contributed by atoms with Gasteiger partial charge in [-0.05, 0) is 130 Å². The highest BCUT2D eigenvalue weighted by Crippen LogP contribution is 2.54. The molecule has 0 saturated carbocycles. The predicted molar refractivity (Wildman–Crippen MR) is 202 cm³/mol. The van der Waals surface area contributed by atoms with Crippen LogP contribution in [0.3, 0.4) is 0 Å². The molecule has 2 aliphatic rings. The molecule has 16 heteroatoms. The van der Waals surface area contributed by atoms with Gasteiger partial charge in [-0.1, -0.05) is 43.3 Å². The van der Waals surface area contributed by atoms with Crippen LogP contribution in [-0.4, -0.2) is 24.7 Å². The van der Waals surface area contributed by atoms with E-state index in [2.05, 4.69) is 0 Å². The molecule has 5 rings (SSSR count). The van der Waals surface area contributed by atoms with E-state index in [-0.39, 0.29) is 67.8 Å². The summed E-state index contributed by atoms with van der Waals surface area (Å²) < 4.78 is 163. The molecule has 0 heterocycles. The molecule has 0 radical (unpaired) electrons. The smallest absolute Gasteiger partial charge is 0.192 e. The summed E-state index contributed by atoms with van der Waals surface area (Å²) in [6.45, 7) is 3.66. The zero-order valence-corrected chi connectivity index (χ0v) is 31.9. The summed E-state index contributed by atoms with van der Waals surface area (Å²) in [5.74, 6) is -2.44. The Kier molecular flexibility index (Phi) is 12.0. The van der Waals surface area contributed by atoms with E-state index in [9.17, 15) is 73.7 Å². The maximum Gasteiger partial charge on any atom is 0.416 e. The monoisotopic (exact) mass is 850 g/mol. The summed E-state index contributed by atoms with van der Waals surface area (Å²) in [7, 11) is 0. The molecule has 4 nitrogen and oxygen atoms in total. The zero-order valence-electron chi connectivity index (χ0n) is 31.9. The summed E-state index contributed by atoms with van der Waals surface area (Å²) in [6.07, 6.45) is -18.0. The van der Waals surface area contributed by atoms with Gasteiger partial charge in [0.1, 0.15) is 35.4 Å². The van der Waals surface area contributed by atoms with Crippen molar-refractivity contribution in [1.82, 2.24) is 0 Å². The lowest BCUT2D eigenvalue weighted by Gasteiger charge is -2.16. The van der Waals surface area contributed by atoms with E-state index in [1.165, 1.54) is 62.4 Å². The predicted octanol–water partition coefficient (Wildman–Crippen LogP) is 13.8. The fourth-order valence-electron chi connectivity index (χ4n) is 6.88. The average molecular weight is 851 g/mol. The third-order valence-corrected chi connectivity index (χ3v) is 10.0. The maximum atomic E-state index is 14.0. The number of halogens is 12. The average Bonchev–Trinajstić information content (AvgIpc) is 3.65. The summed E-state index contributed by atoms with van der Waals surface area (Å²) in [5, 5.41) is 40.2. The van der Waals surface area contributed by atoms with Gasteiger partial charge in [0, 0.05) is 16.7 Å². The van der Waals surface area contributed by atoms with Crippen molar-refractivity contribution in [1.29, 1.82) is 21.0 Å². The standard InChI is InChI=1S/C45H26F12N4/c1-5-25(13-31(45(55,56)57)12-24(4)43(49,50)51)27-7-9-33-35-16-34-32-8-6-26(22(2)10-30(44(52,53)54)11-23(3)42(46,47)48)14-36(32)40(28(18-58)19-59)38(34)17-39(35)41(37(33)15-27)29(20-60)21-61/h5-17,23H,1-4H3/b22-10+,24-12+,25-5+,30-11+,31-13+. The van der Waals surface area contributed by atoms with Gasteiger partial charge in [-0.15, -0.1) is 0 Å². The fraction of sp³-hybridized carbons (Fsp3) is 0.200. The van der Waals surface area contributed by atoms with Crippen molar-refractivity contribution in [2.45, 2.75) is 52.4 Å². The Morgan fingerprint density at radius 2 is 0.951 bits per heavy atom. The number of allylic oxidation sites excluding steroid dienone is 12. The van der Waals surface area contributed by atoms with E-state index in [1.807, 2.05) is 0 Å². The Morgan fingerprint density at radius 3 is 1.36 bits per heavy atom. The zero-order chi connectivity index (χ0) is 45.6. The van der Waals surface area contributed by atoms with Gasteiger partial charge in [-0.3, -0.25) is 0 Å². The second-order valence-corrected chi connectivity index (χ2v) is 13.9. The second kappa shape index (κ2) is 16.2. The van der Waals surface area contributed by atoms with Crippen LogP contribution in [0.1, 0.15) is 61.1 Å². The third-order valence-electron chi connectivity index (χ3n) is 10.0. The molecule has 1 unspecified atom stereocenters. The fourth-order valence-corrected chi connectivity index (χ4v) is 6.88. The number of fused-ring (bicyclic) bond motifs is 6. The lowest BCUT2D eigenvalue weighted by Crippen LogP contribution is -2.20. The molecule has 3 aromatic carbocycles. The minimum atomic E-state index is -5.20. The number of rotatable bonds is 6. The second-order valence-electron chi connectivity index (χ2n) is 13.9. The maximum absolute atomic E-state index is 14.0. The van der Waals surface area contributed by atoms with Crippen molar-refractivity contribution in [3.05, 3.63) is 140 Å². The van der Waals surface area contributed by atoms with Crippen molar-refractivity contribution in [2.24, 2.45) is 5.92 Å². The van der Waals surface area contributed by atoms with E-state index < -0.39 is 58.5 Å². The van der Waals surface area contributed by atoms with Crippen LogP contribution >= 0.6 is 0 Å². The van der Waals surface area contributed by atoms with E-state index >= 15 is 0 Å². The molecule has 310 valence electrons. The van der Waals surface area contributed by atoms with E-state index in [0.29, 0.717) is 48.3 Å². The SMILES string of the molecule is C\C=C(/C=C(\C=C(/C)C(F)(F)F)C(F)(F)F)c1ccc2c(c1)C(=C(C#N)C#N)c1cc3c(cc1-2)-c1ccc(/C(C)=C/C(=C\C(C)C(F)(F)F)C(F)(F)F)cc1C3=C(C#N)C#N. The van der Waals surface area contributed by atoms with Crippen LogP contribution in [0.5, 0.6) is 0 Å². The van der Waals surface area contributed by atoms with Crippen LogP contribution in [0.4, 0.5) is 52.7 Å². The molecule has 0 spiro atoms. The van der Waals surface area contributed by atoms with Crippen molar-refractivity contribution in [3.8, 4) is 46.5 Å². The molecule has 1 atom stereocenters. The van der Waals surface area contributed by atoms with Crippen LogP contribution in [0.15, 0.2) is 107 Å². The summed E-state index contributed by atoms with van der Waals surface area (Å²) >= 11 is 0. The first-order valence-corrected chi connectivity index (χ1v) is 17.6. The van der Waals surface area contributed by atoms with Crippen molar-refractivity contribution in [3.63, 3.8) is 0 Å². The number of hydrogen-bond acceptors (Lipinski definition) is 4. The van der Waals surface area contributed by atoms with Gasteiger partial charge >= 0.3 is 24.7 Å². The lowest BCUT2D eigenvalue weighted by molar-refractivity contribution is -0.157. The highest BCUT2D eigenvalue weighted by molar-refractivity contribution is 6.11. The highest BCUT2D eigenvalue weighted by Gasteiger charge is 2.40. The van der Waals surface area contributed by atoms with Gasteiger partial charge < -0.3 is 0 Å². The van der Waals surface area contributed by atoms with Crippen molar-refractivity contribution >= 4 is 22.3 Å². The van der Waals surface area contributed by atoms with E-state index in [4.69, 9.17) is 0 Å². The molecule has 0 bridgehead atoms. The number of benzene rings is 3. The lowest BCUT2D eigenvalue weighted by atomic mass is 9.92. The number of nitriles is 4. The topological polar surface area (TPSA) is 95.2 Å². The quantitative estimate of drug-likeness (QED) is 0.0966. The number of hydrogen-bond donors (Lipinski definition) is 0. The van der Waals surface area contributed by atoms with Gasteiger partial charge in [-0.2, -0.15) is 73.7 Å². The van der Waals surface area contributed by atoms with Gasteiger partial charge in [0.25, 0.3) is 0 Å². The number of alkyl halides is 12. The normalized spacial score (nSPS) is 15.2. The Morgan fingerprint density at radius 1 is 0.525 bits per heavy atom. The summed E-state index contributed by atoms with van der Waals surface area (Å²) in [4.78, 5) is 0. The van der Waals surface area contributed by atoms with Gasteiger partial charge in [-0.25, -0.2) is 0 Å². The van der Waals surface area contributed by atoms with Crippen molar-refractivity contribution in [2.75, 3.05) is 0 Å². The molecular weight excluding hydrogens is 824 g/mol. The molecule has 0 saturated heterocycles. The molecule has 0 amide bonds. The summed E-state index contributed by atoms with van der Waals surface area (Å²) in [5.41, 5.74) is -3.28. The molecule has 0 aliphatic heterocycles. The van der Waals surface area contributed by atoms with Crippen LogP contribution < -0.4 is 0 Å². The Balaban J connectivity index is 1.74. The third kappa shape index (κ3) is 8.81. The Labute approximate surface area is 340 Å². The van der Waals surface area contributed by atoms with E-state index in [0.717, 1.165) is 0 Å². The van der Waals surface area contributed by atoms with E-state index in [1.54, 1.807) is 30.3 Å². The highest BCUT2D eigenvalue weighted by atomic mass is 19.4. The minimum absolute atomic E-state index is 0.00716. The van der Waals surface area contributed by atoms with Crippen LogP contribution in [-0.2, 0) is 0 Å². The van der Waals surface area contributed by atoms with Crippen molar-refractivity contribution < 1.29 is 52.7 Å². The molecule has 61 heavy (non-hydrogen) atoms. The van der Waals surface area contributed by atoms with Crippen LogP contribution in [0.25, 0.3) is 44.5 Å². The molecule has 0 fully saturated rings. The number of nitrogens with zero attached hydrogens (tertiary/aromatic N) is 4. The van der Waals surface area contributed by atoms with Crippen LogP contribution in [0.2, 0.25) is 0 Å². The minimum Gasteiger partial charge on any atom is -0.192 e. The Bertz CT molecular complexity index is 2740. The first-order valence-electron chi connectivity index (χ1n) is 17.6. The Hall–Kier alpha value is -7.04.